The SMILES string of the molecule is CC(N[C-]=O)c1ccccc1.[Li+]. The predicted molar refractivity (Wildman–Crippen MR) is 43.7 cm³/mol. The molecule has 1 aromatic carbocycles. The summed E-state index contributed by atoms with van der Waals surface area (Å²) in [4.78, 5) is 9.95. The molecule has 1 unspecified atom stereocenters. The van der Waals surface area contributed by atoms with Gasteiger partial charge in [0.1, 0.15) is 0 Å². The molecule has 0 heterocycles. The minimum absolute atomic E-state index is 0. The van der Waals surface area contributed by atoms with E-state index in [4.69, 9.17) is 0 Å². The van der Waals surface area contributed by atoms with Gasteiger partial charge in [0.2, 0.25) is 0 Å². The van der Waals surface area contributed by atoms with Crippen LogP contribution in [0.25, 0.3) is 0 Å². The summed E-state index contributed by atoms with van der Waals surface area (Å²) in [7, 11) is 0. The van der Waals surface area contributed by atoms with Crippen molar-refractivity contribution >= 4 is 6.41 Å². The molecule has 0 saturated carbocycles. The molecule has 1 N–H and O–H groups in total. The van der Waals surface area contributed by atoms with Gasteiger partial charge in [0.05, 0.1) is 0 Å². The number of nitrogens with one attached hydrogen (secondary N) is 1. The van der Waals surface area contributed by atoms with Crippen molar-refractivity contribution in [1.29, 1.82) is 0 Å². The second kappa shape index (κ2) is 5.88. The van der Waals surface area contributed by atoms with E-state index in [1.54, 1.807) is 6.41 Å². The molecule has 0 aromatic heterocycles. The van der Waals surface area contributed by atoms with Crippen molar-refractivity contribution in [3.05, 3.63) is 35.9 Å². The molecule has 0 aliphatic heterocycles. The summed E-state index contributed by atoms with van der Waals surface area (Å²) in [6.07, 6.45) is 1.67. The molecule has 3 heteroatoms. The monoisotopic (exact) mass is 155 g/mol. The maximum atomic E-state index is 9.95. The Kier molecular flexibility index (Phi) is 5.53. The van der Waals surface area contributed by atoms with Crippen LogP contribution in [0.5, 0.6) is 0 Å². The van der Waals surface area contributed by atoms with E-state index < -0.39 is 0 Å². The van der Waals surface area contributed by atoms with Gasteiger partial charge in [-0.3, -0.25) is 0 Å². The molecule has 0 aliphatic carbocycles. The standard InChI is InChI=1S/C9H10NO.Li/c1-8(10-7-11)9-5-3-2-4-6-9;/h2-6,8H,1H3,(H,10,11);/q-1;+1. The number of carbonyl (C=O) groups excluding carboxylic acids is 1. The van der Waals surface area contributed by atoms with Crippen LogP contribution in [0.4, 0.5) is 0 Å². The van der Waals surface area contributed by atoms with Crippen LogP contribution in [0.15, 0.2) is 30.3 Å². The van der Waals surface area contributed by atoms with Gasteiger partial charge in [-0.05, 0) is 12.5 Å². The molecule has 0 aliphatic rings. The van der Waals surface area contributed by atoms with Crippen LogP contribution in [0.2, 0.25) is 0 Å². The Morgan fingerprint density at radius 3 is 2.42 bits per heavy atom. The number of amides is 1. The zero-order valence-electron chi connectivity index (χ0n) is 7.37. The average Bonchev–Trinajstić information content (AvgIpc) is 2.07. The number of benzene rings is 1. The molecule has 0 fully saturated rings. The van der Waals surface area contributed by atoms with Crippen LogP contribution in [-0.2, 0) is 4.79 Å². The molecule has 0 spiro atoms. The van der Waals surface area contributed by atoms with Crippen LogP contribution >= 0.6 is 0 Å². The van der Waals surface area contributed by atoms with E-state index in [0.29, 0.717) is 0 Å². The molecular formula is C9H10LiNO. The van der Waals surface area contributed by atoms with Gasteiger partial charge < -0.3 is 10.1 Å². The topological polar surface area (TPSA) is 29.1 Å². The summed E-state index contributed by atoms with van der Waals surface area (Å²) < 4.78 is 0. The molecule has 1 atom stereocenters. The van der Waals surface area contributed by atoms with Crippen LogP contribution in [-0.4, -0.2) is 6.41 Å². The van der Waals surface area contributed by atoms with Crippen LogP contribution < -0.4 is 24.2 Å². The van der Waals surface area contributed by atoms with Gasteiger partial charge in [-0.25, -0.2) is 0 Å². The van der Waals surface area contributed by atoms with Gasteiger partial charge in [0.25, 0.3) is 0 Å². The predicted octanol–water partition coefficient (Wildman–Crippen LogP) is -1.59. The Labute approximate surface area is 84.5 Å². The van der Waals surface area contributed by atoms with E-state index in [0.717, 1.165) is 5.56 Å². The molecule has 12 heavy (non-hydrogen) atoms. The van der Waals surface area contributed by atoms with Crippen LogP contribution in [0.3, 0.4) is 0 Å². The van der Waals surface area contributed by atoms with Gasteiger partial charge >= 0.3 is 18.9 Å². The number of hydrogen-bond donors (Lipinski definition) is 1. The van der Waals surface area contributed by atoms with Gasteiger partial charge in [0, 0.05) is 6.04 Å². The smallest absolute Gasteiger partial charge is 0.524 e. The van der Waals surface area contributed by atoms with Crippen molar-refractivity contribution in [1.82, 2.24) is 5.32 Å². The summed E-state index contributed by atoms with van der Waals surface area (Å²) >= 11 is 0. The zero-order chi connectivity index (χ0) is 8.10. The van der Waals surface area contributed by atoms with E-state index in [1.165, 1.54) is 0 Å². The molecule has 0 radical (unpaired) electrons. The molecule has 2 nitrogen and oxygen atoms in total. The summed E-state index contributed by atoms with van der Waals surface area (Å²) in [6.45, 7) is 1.92. The molecular weight excluding hydrogens is 145 g/mol. The van der Waals surface area contributed by atoms with E-state index in [-0.39, 0.29) is 24.9 Å². The molecule has 1 aromatic rings. The minimum Gasteiger partial charge on any atom is -0.524 e. The van der Waals surface area contributed by atoms with Crippen molar-refractivity contribution in [2.45, 2.75) is 13.0 Å². The van der Waals surface area contributed by atoms with Gasteiger partial charge in [-0.2, -0.15) is 6.41 Å². The van der Waals surface area contributed by atoms with Gasteiger partial charge in [-0.1, -0.05) is 30.3 Å². The van der Waals surface area contributed by atoms with Crippen molar-refractivity contribution in [2.24, 2.45) is 0 Å². The largest absolute Gasteiger partial charge is 1.00 e. The molecule has 1 rings (SSSR count). The normalized spacial score (nSPS) is 11.1. The van der Waals surface area contributed by atoms with Crippen LogP contribution in [0, 0.1) is 0 Å². The first-order valence-corrected chi connectivity index (χ1v) is 3.52. The maximum absolute atomic E-state index is 9.95. The van der Waals surface area contributed by atoms with E-state index in [1.807, 2.05) is 37.3 Å². The summed E-state index contributed by atoms with van der Waals surface area (Å²) in [5.41, 5.74) is 1.09. The molecule has 0 bridgehead atoms. The first kappa shape index (κ1) is 11.3. The first-order chi connectivity index (χ1) is 5.34. The number of hydrogen-bond acceptors (Lipinski definition) is 1. The second-order valence-corrected chi connectivity index (χ2v) is 2.38. The third-order valence-electron chi connectivity index (χ3n) is 1.58. The third-order valence-corrected chi connectivity index (χ3v) is 1.58. The Hall–Kier alpha value is -0.713. The fourth-order valence-electron chi connectivity index (χ4n) is 0.913. The average molecular weight is 155 g/mol. The summed E-state index contributed by atoms with van der Waals surface area (Å²) in [6, 6.07) is 9.82. The first-order valence-electron chi connectivity index (χ1n) is 3.52. The molecule has 1 amide bonds. The third kappa shape index (κ3) is 3.12. The Bertz CT molecular complexity index is 225. The number of rotatable bonds is 3. The maximum Gasteiger partial charge on any atom is 1.00 e. The minimum atomic E-state index is 0. The van der Waals surface area contributed by atoms with Crippen molar-refractivity contribution in [3.8, 4) is 0 Å². The Morgan fingerprint density at radius 2 is 1.92 bits per heavy atom. The Balaban J connectivity index is 0.00000121. The van der Waals surface area contributed by atoms with Crippen molar-refractivity contribution < 1.29 is 23.7 Å². The van der Waals surface area contributed by atoms with E-state index >= 15 is 0 Å². The van der Waals surface area contributed by atoms with Gasteiger partial charge in [0.15, 0.2) is 0 Å². The fraction of sp³-hybridized carbons (Fsp3) is 0.222. The Morgan fingerprint density at radius 1 is 1.33 bits per heavy atom. The zero-order valence-corrected chi connectivity index (χ0v) is 7.37. The van der Waals surface area contributed by atoms with E-state index in [9.17, 15) is 4.79 Å². The van der Waals surface area contributed by atoms with Crippen LogP contribution in [0.1, 0.15) is 18.5 Å². The molecule has 58 valence electrons. The van der Waals surface area contributed by atoms with Crippen molar-refractivity contribution in [3.63, 3.8) is 0 Å². The van der Waals surface area contributed by atoms with Crippen molar-refractivity contribution in [2.75, 3.05) is 0 Å². The van der Waals surface area contributed by atoms with E-state index in [2.05, 4.69) is 5.32 Å². The van der Waals surface area contributed by atoms with Gasteiger partial charge in [-0.15, -0.1) is 0 Å². The molecule has 0 saturated heterocycles. The summed E-state index contributed by atoms with van der Waals surface area (Å²) in [5, 5.41) is 2.56. The second-order valence-electron chi connectivity index (χ2n) is 2.38. The summed E-state index contributed by atoms with van der Waals surface area (Å²) in [5.74, 6) is 0. The quantitative estimate of drug-likeness (QED) is 0.318. The fourth-order valence-corrected chi connectivity index (χ4v) is 0.913.